The standard InChI is InChI=1S/C18H25N3O3S/c22-18(19-15-6-7-15)14-4-8-17(9-5-14)25(23,24)21-12-2-11-20-10-1-3-16(20)13-21/h4-5,8-9,15-16H,1-3,6-7,10-13H2,(H,19,22)/t16-/m0/s1. The molecular formula is C18H25N3O3S. The van der Waals surface area contributed by atoms with E-state index in [1.807, 2.05) is 0 Å². The number of sulfonamides is 1. The Hall–Kier alpha value is -1.44. The average molecular weight is 363 g/mol. The quantitative estimate of drug-likeness (QED) is 0.879. The van der Waals surface area contributed by atoms with Crippen LogP contribution in [0.25, 0.3) is 0 Å². The van der Waals surface area contributed by atoms with Gasteiger partial charge in [0.1, 0.15) is 0 Å². The predicted molar refractivity (Wildman–Crippen MR) is 94.9 cm³/mol. The summed E-state index contributed by atoms with van der Waals surface area (Å²) in [7, 11) is -3.50. The second-order valence-corrected chi connectivity index (χ2v) is 9.26. The highest BCUT2D eigenvalue weighted by molar-refractivity contribution is 7.89. The summed E-state index contributed by atoms with van der Waals surface area (Å²) in [5.74, 6) is -0.122. The van der Waals surface area contributed by atoms with Gasteiger partial charge in [0.05, 0.1) is 4.90 Å². The van der Waals surface area contributed by atoms with E-state index in [2.05, 4.69) is 10.2 Å². The monoisotopic (exact) mass is 363 g/mol. The molecule has 6 nitrogen and oxygen atoms in total. The van der Waals surface area contributed by atoms with Gasteiger partial charge in [-0.1, -0.05) is 0 Å². The first-order chi connectivity index (χ1) is 12.0. The molecule has 2 saturated heterocycles. The molecule has 0 spiro atoms. The number of fused-ring (bicyclic) bond motifs is 1. The second kappa shape index (κ2) is 6.70. The summed E-state index contributed by atoms with van der Waals surface area (Å²) in [5, 5.41) is 2.92. The molecule has 1 saturated carbocycles. The topological polar surface area (TPSA) is 69.7 Å². The fourth-order valence-electron chi connectivity index (χ4n) is 3.81. The van der Waals surface area contributed by atoms with Gasteiger partial charge < -0.3 is 5.32 Å². The van der Waals surface area contributed by atoms with Crippen molar-refractivity contribution < 1.29 is 13.2 Å². The minimum atomic E-state index is -3.50. The first kappa shape index (κ1) is 17.0. The molecule has 2 heterocycles. The number of carbonyl (C=O) groups is 1. The average Bonchev–Trinajstić information content (AvgIpc) is 3.36. The van der Waals surface area contributed by atoms with Crippen LogP contribution in [0.2, 0.25) is 0 Å². The lowest BCUT2D eigenvalue weighted by Crippen LogP contribution is -2.39. The van der Waals surface area contributed by atoms with E-state index in [9.17, 15) is 13.2 Å². The molecule has 1 aromatic carbocycles. The van der Waals surface area contributed by atoms with Gasteiger partial charge in [0, 0.05) is 30.7 Å². The number of hydrogen-bond donors (Lipinski definition) is 1. The van der Waals surface area contributed by atoms with Gasteiger partial charge >= 0.3 is 0 Å². The highest BCUT2D eigenvalue weighted by Crippen LogP contribution is 2.26. The zero-order valence-electron chi connectivity index (χ0n) is 14.4. The highest BCUT2D eigenvalue weighted by atomic mass is 32.2. The van der Waals surface area contributed by atoms with Crippen LogP contribution in [-0.2, 0) is 10.0 Å². The molecule has 7 heteroatoms. The van der Waals surface area contributed by atoms with Crippen molar-refractivity contribution in [1.29, 1.82) is 0 Å². The zero-order valence-corrected chi connectivity index (χ0v) is 15.2. The number of nitrogens with one attached hydrogen (secondary N) is 1. The van der Waals surface area contributed by atoms with E-state index in [1.54, 1.807) is 28.6 Å². The van der Waals surface area contributed by atoms with Crippen molar-refractivity contribution in [3.05, 3.63) is 29.8 Å². The first-order valence-electron chi connectivity index (χ1n) is 9.19. The van der Waals surface area contributed by atoms with Crippen LogP contribution in [0.5, 0.6) is 0 Å². The Bertz CT molecular complexity index is 743. The maximum Gasteiger partial charge on any atom is 0.251 e. The normalized spacial score (nSPS) is 25.4. The van der Waals surface area contributed by atoms with E-state index in [0.717, 1.165) is 45.2 Å². The Labute approximate surface area is 149 Å². The molecule has 1 aromatic rings. The van der Waals surface area contributed by atoms with Crippen LogP contribution in [0.1, 0.15) is 42.5 Å². The largest absolute Gasteiger partial charge is 0.349 e. The third-order valence-electron chi connectivity index (χ3n) is 5.43. The minimum Gasteiger partial charge on any atom is -0.349 e. The molecule has 3 fully saturated rings. The van der Waals surface area contributed by atoms with Gasteiger partial charge in [0.15, 0.2) is 0 Å². The van der Waals surface area contributed by atoms with E-state index < -0.39 is 10.0 Å². The van der Waals surface area contributed by atoms with Crippen molar-refractivity contribution in [2.24, 2.45) is 0 Å². The van der Waals surface area contributed by atoms with E-state index in [1.165, 1.54) is 0 Å². The molecule has 0 aromatic heterocycles. The van der Waals surface area contributed by atoms with Crippen molar-refractivity contribution >= 4 is 15.9 Å². The van der Waals surface area contributed by atoms with Crippen molar-refractivity contribution in [1.82, 2.24) is 14.5 Å². The van der Waals surface area contributed by atoms with Gasteiger partial charge in [0.2, 0.25) is 10.0 Å². The molecule has 4 rings (SSSR count). The lowest BCUT2D eigenvalue weighted by Gasteiger charge is -2.25. The van der Waals surface area contributed by atoms with Gasteiger partial charge in [-0.3, -0.25) is 9.69 Å². The fraction of sp³-hybridized carbons (Fsp3) is 0.611. The Morgan fingerprint density at radius 1 is 1.00 bits per heavy atom. The highest BCUT2D eigenvalue weighted by Gasteiger charge is 2.34. The van der Waals surface area contributed by atoms with Gasteiger partial charge in [0.25, 0.3) is 5.91 Å². The van der Waals surface area contributed by atoms with Gasteiger partial charge in [-0.25, -0.2) is 8.42 Å². The summed E-state index contributed by atoms with van der Waals surface area (Å²) >= 11 is 0. The molecule has 1 amide bonds. The Morgan fingerprint density at radius 2 is 1.72 bits per heavy atom. The van der Waals surface area contributed by atoms with E-state index >= 15 is 0 Å². The summed E-state index contributed by atoms with van der Waals surface area (Å²) < 4.78 is 27.6. The molecule has 25 heavy (non-hydrogen) atoms. The number of carbonyl (C=O) groups excluding carboxylic acids is 1. The van der Waals surface area contributed by atoms with Crippen LogP contribution < -0.4 is 5.32 Å². The Morgan fingerprint density at radius 3 is 2.44 bits per heavy atom. The molecule has 1 aliphatic carbocycles. The maximum absolute atomic E-state index is 13.0. The van der Waals surface area contributed by atoms with Crippen molar-refractivity contribution in [2.45, 2.75) is 49.1 Å². The van der Waals surface area contributed by atoms with Crippen LogP contribution >= 0.6 is 0 Å². The van der Waals surface area contributed by atoms with Gasteiger partial charge in [-0.2, -0.15) is 4.31 Å². The summed E-state index contributed by atoms with van der Waals surface area (Å²) in [6, 6.07) is 7.00. The lowest BCUT2D eigenvalue weighted by molar-refractivity contribution is 0.0951. The number of benzene rings is 1. The third-order valence-corrected chi connectivity index (χ3v) is 7.31. The molecule has 0 radical (unpaired) electrons. The van der Waals surface area contributed by atoms with Crippen LogP contribution in [0, 0.1) is 0 Å². The van der Waals surface area contributed by atoms with Crippen molar-refractivity contribution in [2.75, 3.05) is 26.2 Å². The number of hydrogen-bond acceptors (Lipinski definition) is 4. The zero-order chi connectivity index (χ0) is 17.4. The lowest BCUT2D eigenvalue weighted by atomic mass is 10.2. The summed E-state index contributed by atoms with van der Waals surface area (Å²) in [6.45, 7) is 3.21. The SMILES string of the molecule is O=C(NC1CC1)c1ccc(S(=O)(=O)N2CCCN3CCC[C@H]3C2)cc1. The van der Waals surface area contributed by atoms with Crippen LogP contribution in [0.3, 0.4) is 0 Å². The van der Waals surface area contributed by atoms with Crippen LogP contribution in [0.15, 0.2) is 29.2 Å². The molecular weight excluding hydrogens is 338 g/mol. The smallest absolute Gasteiger partial charge is 0.251 e. The second-order valence-electron chi connectivity index (χ2n) is 7.32. The van der Waals surface area contributed by atoms with E-state index in [-0.39, 0.29) is 10.8 Å². The van der Waals surface area contributed by atoms with Crippen molar-refractivity contribution in [3.63, 3.8) is 0 Å². The fourth-order valence-corrected chi connectivity index (χ4v) is 5.33. The Balaban J connectivity index is 1.49. The molecule has 0 bridgehead atoms. The first-order valence-corrected chi connectivity index (χ1v) is 10.6. The minimum absolute atomic E-state index is 0.122. The molecule has 136 valence electrons. The van der Waals surface area contributed by atoms with Gasteiger partial charge in [-0.15, -0.1) is 0 Å². The summed E-state index contributed by atoms with van der Waals surface area (Å²) in [6.07, 6.45) is 5.17. The molecule has 3 aliphatic rings. The van der Waals surface area contributed by atoms with Crippen LogP contribution in [-0.4, -0.2) is 61.8 Å². The van der Waals surface area contributed by atoms with E-state index in [4.69, 9.17) is 0 Å². The van der Waals surface area contributed by atoms with Crippen molar-refractivity contribution in [3.8, 4) is 0 Å². The molecule has 2 aliphatic heterocycles. The summed E-state index contributed by atoms with van der Waals surface area (Å²) in [4.78, 5) is 14.7. The number of rotatable bonds is 4. The summed E-state index contributed by atoms with van der Waals surface area (Å²) in [5.41, 5.74) is 0.517. The third kappa shape index (κ3) is 3.59. The Kier molecular flexibility index (Phi) is 4.56. The molecule has 0 unspecified atom stereocenters. The maximum atomic E-state index is 13.0. The number of nitrogens with zero attached hydrogens (tertiary/aromatic N) is 2. The van der Waals surface area contributed by atoms with E-state index in [0.29, 0.717) is 30.7 Å². The molecule has 1 atom stereocenters. The van der Waals surface area contributed by atoms with Gasteiger partial charge in [-0.05, 0) is 69.5 Å². The molecule has 1 N–H and O–H groups in total. The number of amides is 1. The predicted octanol–water partition coefficient (Wildman–Crippen LogP) is 1.44. The van der Waals surface area contributed by atoms with Crippen LogP contribution in [0.4, 0.5) is 0 Å².